The fourth-order valence-electron chi connectivity index (χ4n) is 1.09. The second-order valence-corrected chi connectivity index (χ2v) is 3.64. The summed E-state index contributed by atoms with van der Waals surface area (Å²) in [6.45, 7) is 1.44. The standard InChI is InChI=1S/C8H11N5S/c1-13-5-10-8(12-13)3-9-2-7-4-14-6-11-7/h4-6,9H,2-3H2,1H3. The third kappa shape index (κ3) is 2.36. The Morgan fingerprint density at radius 3 is 3.00 bits per heavy atom. The van der Waals surface area contributed by atoms with E-state index in [1.165, 1.54) is 0 Å². The Balaban J connectivity index is 1.78. The normalized spacial score (nSPS) is 10.6. The molecule has 0 aliphatic heterocycles. The quantitative estimate of drug-likeness (QED) is 0.799. The second-order valence-electron chi connectivity index (χ2n) is 2.92. The molecule has 0 atom stereocenters. The summed E-state index contributed by atoms with van der Waals surface area (Å²) in [6.07, 6.45) is 1.69. The smallest absolute Gasteiger partial charge is 0.164 e. The van der Waals surface area contributed by atoms with Gasteiger partial charge in [0.25, 0.3) is 0 Å². The van der Waals surface area contributed by atoms with Crippen molar-refractivity contribution in [3.8, 4) is 0 Å². The molecule has 74 valence electrons. The molecule has 0 aliphatic carbocycles. The number of rotatable bonds is 4. The average molecular weight is 209 g/mol. The summed E-state index contributed by atoms with van der Waals surface area (Å²) in [4.78, 5) is 8.27. The van der Waals surface area contributed by atoms with E-state index in [1.54, 1.807) is 22.3 Å². The lowest BCUT2D eigenvalue weighted by Gasteiger charge is -1.97. The third-order valence-electron chi connectivity index (χ3n) is 1.72. The van der Waals surface area contributed by atoms with E-state index < -0.39 is 0 Å². The number of thiazole rings is 1. The van der Waals surface area contributed by atoms with Gasteiger partial charge in [0.2, 0.25) is 0 Å². The van der Waals surface area contributed by atoms with Gasteiger partial charge in [-0.3, -0.25) is 4.68 Å². The molecule has 0 saturated heterocycles. The summed E-state index contributed by atoms with van der Waals surface area (Å²) < 4.78 is 1.69. The van der Waals surface area contributed by atoms with Crippen molar-refractivity contribution in [1.82, 2.24) is 25.1 Å². The largest absolute Gasteiger partial charge is 0.304 e. The molecule has 0 aliphatic rings. The van der Waals surface area contributed by atoms with Crippen LogP contribution in [0, 0.1) is 0 Å². The predicted octanol–water partition coefficient (Wildman–Crippen LogP) is 0.561. The van der Waals surface area contributed by atoms with E-state index in [0.717, 1.165) is 18.1 Å². The van der Waals surface area contributed by atoms with Crippen LogP contribution in [0.3, 0.4) is 0 Å². The zero-order chi connectivity index (χ0) is 9.80. The lowest BCUT2D eigenvalue weighted by molar-refractivity contribution is 0.642. The SMILES string of the molecule is Cn1cnc(CNCc2cscn2)n1. The molecule has 0 amide bonds. The Morgan fingerprint density at radius 2 is 2.36 bits per heavy atom. The van der Waals surface area contributed by atoms with E-state index >= 15 is 0 Å². The van der Waals surface area contributed by atoms with Gasteiger partial charge in [-0.25, -0.2) is 9.97 Å². The number of aryl methyl sites for hydroxylation is 1. The molecule has 2 heterocycles. The van der Waals surface area contributed by atoms with E-state index in [2.05, 4.69) is 20.4 Å². The number of nitrogens with one attached hydrogen (secondary N) is 1. The first-order valence-electron chi connectivity index (χ1n) is 4.27. The number of hydrogen-bond donors (Lipinski definition) is 1. The van der Waals surface area contributed by atoms with Crippen molar-refractivity contribution >= 4 is 11.3 Å². The summed E-state index contributed by atoms with van der Waals surface area (Å²) >= 11 is 1.60. The zero-order valence-corrected chi connectivity index (χ0v) is 8.66. The molecular weight excluding hydrogens is 198 g/mol. The number of nitrogens with zero attached hydrogens (tertiary/aromatic N) is 4. The molecule has 0 spiro atoms. The Morgan fingerprint density at radius 1 is 1.43 bits per heavy atom. The van der Waals surface area contributed by atoms with Gasteiger partial charge in [-0.15, -0.1) is 11.3 Å². The average Bonchev–Trinajstić information content (AvgIpc) is 2.77. The third-order valence-corrected chi connectivity index (χ3v) is 2.36. The van der Waals surface area contributed by atoms with Gasteiger partial charge in [-0.2, -0.15) is 5.10 Å². The van der Waals surface area contributed by atoms with E-state index in [0.29, 0.717) is 6.54 Å². The molecule has 2 aromatic heterocycles. The van der Waals surface area contributed by atoms with Crippen molar-refractivity contribution in [1.29, 1.82) is 0 Å². The highest BCUT2D eigenvalue weighted by molar-refractivity contribution is 7.07. The molecule has 5 nitrogen and oxygen atoms in total. The van der Waals surface area contributed by atoms with Gasteiger partial charge in [-0.05, 0) is 0 Å². The predicted molar refractivity (Wildman–Crippen MR) is 53.7 cm³/mol. The summed E-state index contributed by atoms with van der Waals surface area (Å²) in [5.74, 6) is 0.808. The van der Waals surface area contributed by atoms with Crippen molar-refractivity contribution < 1.29 is 0 Å². The molecule has 0 fully saturated rings. The lowest BCUT2D eigenvalue weighted by Crippen LogP contribution is -2.14. The molecule has 2 rings (SSSR count). The fraction of sp³-hybridized carbons (Fsp3) is 0.375. The van der Waals surface area contributed by atoms with Crippen molar-refractivity contribution in [2.45, 2.75) is 13.1 Å². The summed E-state index contributed by atoms with van der Waals surface area (Å²) in [5, 5.41) is 9.40. The maximum absolute atomic E-state index is 4.16. The number of aromatic nitrogens is 4. The van der Waals surface area contributed by atoms with Crippen LogP contribution in [0.4, 0.5) is 0 Å². The minimum Gasteiger partial charge on any atom is -0.304 e. The number of hydrogen-bond acceptors (Lipinski definition) is 5. The molecule has 0 radical (unpaired) electrons. The minimum absolute atomic E-state index is 0.679. The molecule has 1 N–H and O–H groups in total. The van der Waals surface area contributed by atoms with Crippen molar-refractivity contribution in [2.24, 2.45) is 7.05 Å². The molecular formula is C8H11N5S. The highest BCUT2D eigenvalue weighted by Crippen LogP contribution is 2.00. The second kappa shape index (κ2) is 4.30. The van der Waals surface area contributed by atoms with Crippen LogP contribution in [-0.4, -0.2) is 19.7 Å². The summed E-state index contributed by atoms with van der Waals surface area (Å²) in [7, 11) is 1.86. The van der Waals surface area contributed by atoms with Crippen LogP contribution in [0.2, 0.25) is 0 Å². The van der Waals surface area contributed by atoms with Gasteiger partial charge in [0.15, 0.2) is 5.82 Å². The zero-order valence-electron chi connectivity index (χ0n) is 7.84. The van der Waals surface area contributed by atoms with Gasteiger partial charge in [0, 0.05) is 19.0 Å². The van der Waals surface area contributed by atoms with Crippen molar-refractivity contribution in [3.63, 3.8) is 0 Å². The summed E-state index contributed by atoms with van der Waals surface area (Å²) in [5.41, 5.74) is 2.89. The molecule has 0 unspecified atom stereocenters. The van der Waals surface area contributed by atoms with Gasteiger partial charge < -0.3 is 5.32 Å². The first-order valence-corrected chi connectivity index (χ1v) is 5.21. The molecule has 2 aromatic rings. The van der Waals surface area contributed by atoms with Crippen LogP contribution in [-0.2, 0) is 20.1 Å². The van der Waals surface area contributed by atoms with Crippen LogP contribution in [0.15, 0.2) is 17.2 Å². The van der Waals surface area contributed by atoms with Gasteiger partial charge in [-0.1, -0.05) is 0 Å². The van der Waals surface area contributed by atoms with Crippen LogP contribution in [0.25, 0.3) is 0 Å². The highest BCUT2D eigenvalue weighted by atomic mass is 32.1. The Bertz CT molecular complexity index is 380. The van der Waals surface area contributed by atoms with Crippen molar-refractivity contribution in [2.75, 3.05) is 0 Å². The van der Waals surface area contributed by atoms with Gasteiger partial charge in [0.1, 0.15) is 6.33 Å². The Kier molecular flexibility index (Phi) is 2.85. The van der Waals surface area contributed by atoms with Crippen LogP contribution >= 0.6 is 11.3 Å². The maximum Gasteiger partial charge on any atom is 0.164 e. The van der Waals surface area contributed by atoms with Gasteiger partial charge in [0.05, 0.1) is 17.7 Å². The maximum atomic E-state index is 4.16. The Labute approximate surface area is 85.8 Å². The lowest BCUT2D eigenvalue weighted by atomic mass is 10.5. The van der Waals surface area contributed by atoms with E-state index in [-0.39, 0.29) is 0 Å². The highest BCUT2D eigenvalue weighted by Gasteiger charge is 1.98. The van der Waals surface area contributed by atoms with Crippen LogP contribution < -0.4 is 5.32 Å². The molecule has 6 heteroatoms. The van der Waals surface area contributed by atoms with Crippen LogP contribution in [0.5, 0.6) is 0 Å². The Hall–Kier alpha value is -1.27. The monoisotopic (exact) mass is 209 g/mol. The first-order chi connectivity index (χ1) is 6.84. The molecule has 0 bridgehead atoms. The van der Waals surface area contributed by atoms with E-state index in [4.69, 9.17) is 0 Å². The molecule has 0 aromatic carbocycles. The molecule has 0 saturated carbocycles. The van der Waals surface area contributed by atoms with Gasteiger partial charge >= 0.3 is 0 Å². The minimum atomic E-state index is 0.679. The van der Waals surface area contributed by atoms with E-state index in [1.807, 2.05) is 17.9 Å². The molecule has 14 heavy (non-hydrogen) atoms. The van der Waals surface area contributed by atoms with Crippen molar-refractivity contribution in [3.05, 3.63) is 28.7 Å². The summed E-state index contributed by atoms with van der Waals surface area (Å²) in [6, 6.07) is 0. The fourth-order valence-corrected chi connectivity index (χ4v) is 1.65. The van der Waals surface area contributed by atoms with Crippen LogP contribution in [0.1, 0.15) is 11.5 Å². The topological polar surface area (TPSA) is 55.6 Å². The van der Waals surface area contributed by atoms with E-state index in [9.17, 15) is 0 Å². The first kappa shape index (κ1) is 9.29.